The Balaban J connectivity index is 2.58. The van der Waals surface area contributed by atoms with Gasteiger partial charge in [0.05, 0.1) is 5.69 Å². The summed E-state index contributed by atoms with van der Waals surface area (Å²) in [7, 11) is 0. The van der Waals surface area contributed by atoms with Gasteiger partial charge in [-0.15, -0.1) is 0 Å². The summed E-state index contributed by atoms with van der Waals surface area (Å²) in [6.45, 7) is 9.33. The highest BCUT2D eigenvalue weighted by Gasteiger charge is 2.37. The Morgan fingerprint density at radius 2 is 2.00 bits per heavy atom. The largest absolute Gasteiger partial charge is 0.480 e. The lowest BCUT2D eigenvalue weighted by molar-refractivity contribution is -0.140. The lowest BCUT2D eigenvalue weighted by atomic mass is 9.86. The van der Waals surface area contributed by atoms with Crippen LogP contribution in [0, 0.1) is 0 Å². The van der Waals surface area contributed by atoms with E-state index in [1.54, 1.807) is 13.0 Å². The van der Waals surface area contributed by atoms with Crippen molar-refractivity contribution in [2.24, 2.45) is 0 Å². The van der Waals surface area contributed by atoms with Crippen molar-refractivity contribution in [1.29, 1.82) is 0 Å². The minimum absolute atomic E-state index is 0.0979. The number of nitrogens with zero attached hydrogens (tertiary/aromatic N) is 1. The van der Waals surface area contributed by atoms with Gasteiger partial charge >= 0.3 is 5.97 Å². The van der Waals surface area contributed by atoms with Crippen LogP contribution in [0.3, 0.4) is 0 Å². The molecule has 2 unspecified atom stereocenters. The molecule has 2 atom stereocenters. The molecule has 0 saturated heterocycles. The minimum Gasteiger partial charge on any atom is -0.480 e. The number of carbonyl (C=O) groups is 2. The number of anilines is 1. The summed E-state index contributed by atoms with van der Waals surface area (Å²) in [5.74, 6) is -0.823. The Kier molecular flexibility index (Phi) is 3.70. The molecular weight excluding hydrogens is 270 g/mol. The zero-order chi connectivity index (χ0) is 15.9. The third-order valence-electron chi connectivity index (χ3n) is 3.72. The highest BCUT2D eigenvalue weighted by Crippen LogP contribution is 2.38. The second kappa shape index (κ2) is 5.06. The van der Waals surface area contributed by atoms with E-state index in [2.05, 4.69) is 20.8 Å². The number of carbonyl (C=O) groups excluding carboxylic acids is 1. The first-order valence-electron chi connectivity index (χ1n) is 7.00. The fraction of sp³-hybridized carbons (Fsp3) is 0.500. The minimum atomic E-state index is -1.04. The molecule has 1 aliphatic heterocycles. The summed E-state index contributed by atoms with van der Waals surface area (Å²) in [6.07, 6.45) is -0.681. The number of amides is 1. The van der Waals surface area contributed by atoms with E-state index in [1.807, 2.05) is 12.1 Å². The fourth-order valence-corrected chi connectivity index (χ4v) is 2.34. The van der Waals surface area contributed by atoms with E-state index in [4.69, 9.17) is 4.74 Å². The van der Waals surface area contributed by atoms with Crippen LogP contribution in [0.1, 0.15) is 40.2 Å². The number of fused-ring (bicyclic) bond motifs is 1. The standard InChI is InChI=1S/C16H21NO4/c1-9(15(19)20)17-12-8-11(16(3,4)5)6-7-13(12)21-10(2)14(17)18/h6-10H,1-5H3,(H,19,20). The summed E-state index contributed by atoms with van der Waals surface area (Å²) in [6, 6.07) is 4.67. The molecule has 1 aromatic carbocycles. The van der Waals surface area contributed by atoms with E-state index in [9.17, 15) is 14.7 Å². The number of benzene rings is 1. The summed E-state index contributed by atoms with van der Waals surface area (Å²) >= 11 is 0. The lowest BCUT2D eigenvalue weighted by Crippen LogP contribution is -2.51. The molecule has 1 aromatic rings. The Hall–Kier alpha value is -2.04. The van der Waals surface area contributed by atoms with Crippen LogP contribution in [0.2, 0.25) is 0 Å². The number of ether oxygens (including phenoxy) is 1. The van der Waals surface area contributed by atoms with Gasteiger partial charge in [0.1, 0.15) is 11.8 Å². The van der Waals surface area contributed by atoms with Gasteiger partial charge < -0.3 is 9.84 Å². The van der Waals surface area contributed by atoms with Gasteiger partial charge in [-0.25, -0.2) is 4.79 Å². The predicted octanol–water partition coefficient (Wildman–Crippen LogP) is 2.57. The van der Waals surface area contributed by atoms with Gasteiger partial charge in [0.15, 0.2) is 6.10 Å². The van der Waals surface area contributed by atoms with Crippen molar-refractivity contribution >= 4 is 17.6 Å². The molecule has 1 amide bonds. The van der Waals surface area contributed by atoms with Crippen LogP contribution < -0.4 is 9.64 Å². The summed E-state index contributed by atoms with van der Waals surface area (Å²) < 4.78 is 5.59. The van der Waals surface area contributed by atoms with Gasteiger partial charge in [0, 0.05) is 0 Å². The van der Waals surface area contributed by atoms with E-state index in [-0.39, 0.29) is 11.3 Å². The number of hydrogen-bond donors (Lipinski definition) is 1. The first-order valence-corrected chi connectivity index (χ1v) is 7.00. The Labute approximate surface area is 124 Å². The van der Waals surface area contributed by atoms with Crippen molar-refractivity contribution < 1.29 is 19.4 Å². The average Bonchev–Trinajstić information content (AvgIpc) is 2.38. The SMILES string of the molecule is CC1Oc2ccc(C(C)(C)C)cc2N(C(C)C(=O)O)C1=O. The maximum atomic E-state index is 12.3. The smallest absolute Gasteiger partial charge is 0.326 e. The van der Waals surface area contributed by atoms with Gasteiger partial charge in [-0.1, -0.05) is 26.8 Å². The second-order valence-electron chi connectivity index (χ2n) is 6.42. The molecule has 5 heteroatoms. The molecule has 0 fully saturated rings. The van der Waals surface area contributed by atoms with Crippen LogP contribution in [0.4, 0.5) is 5.69 Å². The molecule has 2 rings (SSSR count). The first kappa shape index (κ1) is 15.4. The van der Waals surface area contributed by atoms with Crippen molar-refractivity contribution in [3.63, 3.8) is 0 Å². The molecule has 21 heavy (non-hydrogen) atoms. The molecule has 0 bridgehead atoms. The van der Waals surface area contributed by atoms with E-state index in [0.29, 0.717) is 11.4 Å². The Bertz CT molecular complexity index is 588. The summed E-state index contributed by atoms with van der Waals surface area (Å²) in [5.41, 5.74) is 1.45. The van der Waals surface area contributed by atoms with Crippen molar-refractivity contribution in [2.75, 3.05) is 4.90 Å². The highest BCUT2D eigenvalue weighted by atomic mass is 16.5. The maximum Gasteiger partial charge on any atom is 0.326 e. The number of carboxylic acid groups (broad SMARTS) is 1. The summed E-state index contributed by atoms with van der Waals surface area (Å²) in [5, 5.41) is 9.26. The zero-order valence-electron chi connectivity index (χ0n) is 13.0. The monoisotopic (exact) mass is 291 g/mol. The van der Waals surface area contributed by atoms with Gasteiger partial charge in [-0.2, -0.15) is 0 Å². The average molecular weight is 291 g/mol. The van der Waals surface area contributed by atoms with Crippen molar-refractivity contribution in [3.05, 3.63) is 23.8 Å². The number of carboxylic acids is 1. The van der Waals surface area contributed by atoms with Crippen LogP contribution >= 0.6 is 0 Å². The number of hydrogen-bond acceptors (Lipinski definition) is 3. The number of rotatable bonds is 2. The van der Waals surface area contributed by atoms with Crippen LogP contribution in [-0.2, 0) is 15.0 Å². The summed E-state index contributed by atoms with van der Waals surface area (Å²) in [4.78, 5) is 25.0. The van der Waals surface area contributed by atoms with Crippen LogP contribution in [-0.4, -0.2) is 29.1 Å². The quantitative estimate of drug-likeness (QED) is 0.909. The molecule has 0 saturated carbocycles. The maximum absolute atomic E-state index is 12.3. The molecular formula is C16H21NO4. The van der Waals surface area contributed by atoms with Crippen LogP contribution in [0.25, 0.3) is 0 Å². The number of aliphatic carboxylic acids is 1. The predicted molar refractivity (Wildman–Crippen MR) is 79.8 cm³/mol. The van der Waals surface area contributed by atoms with Crippen molar-refractivity contribution in [1.82, 2.24) is 0 Å². The van der Waals surface area contributed by atoms with Gasteiger partial charge in [0.25, 0.3) is 5.91 Å². The Morgan fingerprint density at radius 1 is 1.38 bits per heavy atom. The molecule has 114 valence electrons. The van der Waals surface area contributed by atoms with Gasteiger partial charge in [0.2, 0.25) is 0 Å². The molecule has 0 spiro atoms. The van der Waals surface area contributed by atoms with E-state index < -0.39 is 18.1 Å². The molecule has 1 N–H and O–H groups in total. The van der Waals surface area contributed by atoms with Crippen LogP contribution in [0.15, 0.2) is 18.2 Å². The lowest BCUT2D eigenvalue weighted by Gasteiger charge is -2.36. The van der Waals surface area contributed by atoms with E-state index in [0.717, 1.165) is 5.56 Å². The zero-order valence-corrected chi connectivity index (χ0v) is 13.0. The third kappa shape index (κ3) is 2.73. The Morgan fingerprint density at radius 3 is 2.52 bits per heavy atom. The van der Waals surface area contributed by atoms with E-state index >= 15 is 0 Å². The normalized spacial score (nSPS) is 19.8. The molecule has 5 nitrogen and oxygen atoms in total. The fourth-order valence-electron chi connectivity index (χ4n) is 2.34. The van der Waals surface area contributed by atoms with E-state index in [1.165, 1.54) is 11.8 Å². The van der Waals surface area contributed by atoms with Crippen LogP contribution in [0.5, 0.6) is 5.75 Å². The van der Waals surface area contributed by atoms with Crippen molar-refractivity contribution in [2.45, 2.75) is 52.2 Å². The molecule has 1 aliphatic rings. The molecule has 1 heterocycles. The molecule has 0 aromatic heterocycles. The highest BCUT2D eigenvalue weighted by molar-refractivity contribution is 6.04. The molecule has 0 aliphatic carbocycles. The molecule has 0 radical (unpaired) electrons. The topological polar surface area (TPSA) is 66.8 Å². The second-order valence-corrected chi connectivity index (χ2v) is 6.42. The van der Waals surface area contributed by atoms with Gasteiger partial charge in [-0.05, 0) is 37.0 Å². The van der Waals surface area contributed by atoms with Crippen molar-refractivity contribution in [3.8, 4) is 5.75 Å². The van der Waals surface area contributed by atoms with Gasteiger partial charge in [-0.3, -0.25) is 9.69 Å². The first-order chi connectivity index (χ1) is 9.62. The third-order valence-corrected chi connectivity index (χ3v) is 3.72.